The Balaban J connectivity index is 2.00. The van der Waals surface area contributed by atoms with E-state index >= 15 is 0 Å². The predicted octanol–water partition coefficient (Wildman–Crippen LogP) is 4.19. The van der Waals surface area contributed by atoms with Crippen LogP contribution in [0.15, 0.2) is 18.2 Å². The molecule has 0 bridgehead atoms. The molecule has 21 heteroatoms. The first-order valence-corrected chi connectivity index (χ1v) is 15.5. The van der Waals surface area contributed by atoms with Gasteiger partial charge in [0.05, 0.1) is 7.11 Å². The van der Waals surface area contributed by atoms with Crippen molar-refractivity contribution in [3.8, 4) is 11.5 Å². The quantitative estimate of drug-likeness (QED) is 0.0850. The smallest absolute Gasteiger partial charge is 0.467 e. The number of esters is 4. The van der Waals surface area contributed by atoms with E-state index in [9.17, 15) is 50.7 Å². The van der Waals surface area contributed by atoms with Crippen molar-refractivity contribution < 1.29 is 93.4 Å². The fourth-order valence-corrected chi connectivity index (χ4v) is 4.69. The van der Waals surface area contributed by atoms with Crippen molar-refractivity contribution in [1.29, 1.82) is 0 Å². The Morgan fingerprint density at radius 3 is 1.85 bits per heavy atom. The molecule has 0 aromatic heterocycles. The standard InChI is InChI=1S/C33H34F5NO15/c1-13(40)48-25-26(49-14(2)41)28(50-15(3)42)30(52-27(25)29(43)46-7)51-18-9-8-16(10-17(18)11-39-31(44)54-33(4,5)6)12-47-32(45)53-24-22(37)20(35)19(34)21(36)23(24)38/h8-10,25-28,30H,11-12H2,1-7H3,(H,39,44)/t25-,26-,27-,28+,30+/m0/s1. The van der Waals surface area contributed by atoms with Crippen LogP contribution in [0, 0.1) is 29.1 Å². The van der Waals surface area contributed by atoms with Crippen LogP contribution in [0.1, 0.15) is 52.7 Å². The molecule has 1 N–H and O–H groups in total. The molecule has 0 radical (unpaired) electrons. The number of hydrogen-bond acceptors (Lipinski definition) is 15. The first-order chi connectivity index (χ1) is 25.1. The van der Waals surface area contributed by atoms with Crippen LogP contribution >= 0.6 is 0 Å². The Hall–Kier alpha value is -5.73. The summed E-state index contributed by atoms with van der Waals surface area (Å²) in [4.78, 5) is 73.8. The van der Waals surface area contributed by atoms with Crippen molar-refractivity contribution in [2.45, 2.75) is 91.0 Å². The Morgan fingerprint density at radius 2 is 1.31 bits per heavy atom. The zero-order chi connectivity index (χ0) is 40.7. The van der Waals surface area contributed by atoms with Gasteiger partial charge >= 0.3 is 36.1 Å². The molecule has 0 saturated carbocycles. The molecule has 1 saturated heterocycles. The van der Waals surface area contributed by atoms with Crippen molar-refractivity contribution in [3.05, 3.63) is 58.4 Å². The lowest BCUT2D eigenvalue weighted by Gasteiger charge is -2.43. The van der Waals surface area contributed by atoms with Crippen molar-refractivity contribution in [3.63, 3.8) is 0 Å². The maximum absolute atomic E-state index is 14.0. The zero-order valence-electron chi connectivity index (χ0n) is 29.5. The van der Waals surface area contributed by atoms with Gasteiger partial charge in [-0.1, -0.05) is 6.07 Å². The number of carbonyl (C=O) groups is 6. The minimum atomic E-state index is -2.48. The van der Waals surface area contributed by atoms with Gasteiger partial charge in [-0.25, -0.2) is 27.6 Å². The first kappa shape index (κ1) is 42.7. The van der Waals surface area contributed by atoms with E-state index in [4.69, 9.17) is 37.9 Å². The van der Waals surface area contributed by atoms with Crippen LogP contribution in [0.5, 0.6) is 11.5 Å². The molecule has 2 aromatic rings. The lowest BCUT2D eigenvalue weighted by Crippen LogP contribution is -2.64. The van der Waals surface area contributed by atoms with E-state index in [-0.39, 0.29) is 16.9 Å². The van der Waals surface area contributed by atoms with E-state index in [1.54, 1.807) is 20.8 Å². The van der Waals surface area contributed by atoms with Crippen LogP contribution in [0.2, 0.25) is 0 Å². The molecule has 5 atom stereocenters. The van der Waals surface area contributed by atoms with Crippen molar-refractivity contribution >= 4 is 36.1 Å². The van der Waals surface area contributed by atoms with Gasteiger partial charge in [0.25, 0.3) is 0 Å². The topological polar surface area (TPSA) is 198 Å². The number of nitrogens with one attached hydrogen (secondary N) is 1. The zero-order valence-corrected chi connectivity index (χ0v) is 29.5. The van der Waals surface area contributed by atoms with E-state index in [0.29, 0.717) is 0 Å². The van der Waals surface area contributed by atoms with Gasteiger partial charge in [-0.2, -0.15) is 8.78 Å². The van der Waals surface area contributed by atoms with E-state index in [2.05, 4.69) is 10.1 Å². The van der Waals surface area contributed by atoms with Crippen LogP contribution in [-0.4, -0.2) is 79.5 Å². The van der Waals surface area contributed by atoms with E-state index in [1.165, 1.54) is 18.2 Å². The second-order valence-electron chi connectivity index (χ2n) is 12.1. The van der Waals surface area contributed by atoms with Crippen molar-refractivity contribution in [2.75, 3.05) is 7.11 Å². The van der Waals surface area contributed by atoms with Gasteiger partial charge in [-0.3, -0.25) is 14.4 Å². The summed E-state index contributed by atoms with van der Waals surface area (Å²) in [5, 5.41) is 2.44. The van der Waals surface area contributed by atoms with Crippen LogP contribution in [0.4, 0.5) is 31.5 Å². The van der Waals surface area contributed by atoms with Crippen LogP contribution < -0.4 is 14.8 Å². The van der Waals surface area contributed by atoms with E-state index < -0.39 is 120 Å². The molecule has 2 aromatic carbocycles. The Kier molecular flexibility index (Phi) is 14.1. The second-order valence-corrected chi connectivity index (χ2v) is 12.1. The molecule has 296 valence electrons. The van der Waals surface area contributed by atoms with Gasteiger partial charge in [0.15, 0.2) is 18.3 Å². The highest BCUT2D eigenvalue weighted by Gasteiger charge is 2.56. The SMILES string of the molecule is COC(=O)[C@H]1O[C@@H](Oc2ccc(COC(=O)Oc3c(F)c(F)c(F)c(F)c3F)cc2CNC(=O)OC(C)(C)C)[C@H](OC(C)=O)[C@@H](OC(C)=O)[C@@H]1OC(C)=O. The minimum absolute atomic E-state index is 0.0287. The summed E-state index contributed by atoms with van der Waals surface area (Å²) in [6.07, 6.45) is -11.6. The maximum Gasteiger partial charge on any atom is 0.514 e. The molecule has 54 heavy (non-hydrogen) atoms. The second kappa shape index (κ2) is 17.9. The number of ether oxygens (including phenoxy) is 9. The van der Waals surface area contributed by atoms with Crippen molar-refractivity contribution in [2.24, 2.45) is 0 Å². The Bertz CT molecular complexity index is 1750. The number of hydrogen-bond donors (Lipinski definition) is 1. The molecule has 1 fully saturated rings. The molecule has 1 amide bonds. The molecule has 0 spiro atoms. The number of alkyl carbamates (subject to hydrolysis) is 1. The van der Waals surface area contributed by atoms with Crippen molar-refractivity contribution in [1.82, 2.24) is 5.32 Å². The number of benzene rings is 2. The average Bonchev–Trinajstić information content (AvgIpc) is 3.07. The van der Waals surface area contributed by atoms with Crippen LogP contribution in [0.3, 0.4) is 0 Å². The van der Waals surface area contributed by atoms with Gasteiger partial charge in [-0.05, 0) is 38.5 Å². The third-order valence-corrected chi connectivity index (χ3v) is 6.74. The molecular weight excluding hydrogens is 745 g/mol. The summed E-state index contributed by atoms with van der Waals surface area (Å²) in [5.41, 5.74) is -0.852. The highest BCUT2D eigenvalue weighted by atomic mass is 19.2. The average molecular weight is 780 g/mol. The molecule has 1 aliphatic rings. The number of rotatable bonds is 11. The maximum atomic E-state index is 14.0. The Morgan fingerprint density at radius 1 is 0.778 bits per heavy atom. The molecule has 0 aliphatic carbocycles. The highest BCUT2D eigenvalue weighted by Crippen LogP contribution is 2.33. The summed E-state index contributed by atoms with van der Waals surface area (Å²) >= 11 is 0. The minimum Gasteiger partial charge on any atom is -0.467 e. The highest BCUT2D eigenvalue weighted by molar-refractivity contribution is 5.77. The Labute approximate surface area is 303 Å². The van der Waals surface area contributed by atoms with Crippen LogP contribution in [0.25, 0.3) is 0 Å². The van der Waals surface area contributed by atoms with Crippen LogP contribution in [-0.2, 0) is 65.5 Å². The molecule has 1 aliphatic heterocycles. The summed E-state index contributed by atoms with van der Waals surface area (Å²) < 4.78 is 115. The summed E-state index contributed by atoms with van der Waals surface area (Å²) in [5.74, 6) is -18.1. The van der Waals surface area contributed by atoms with Gasteiger partial charge in [-0.15, -0.1) is 0 Å². The summed E-state index contributed by atoms with van der Waals surface area (Å²) in [7, 11) is 0.978. The van der Waals surface area contributed by atoms with Gasteiger partial charge in [0.2, 0.25) is 47.2 Å². The number of halogens is 5. The molecular formula is C33H34F5NO15. The number of carbonyl (C=O) groups excluding carboxylic acids is 6. The van der Waals surface area contributed by atoms with Gasteiger partial charge < -0.3 is 47.9 Å². The lowest BCUT2D eigenvalue weighted by atomic mass is 9.97. The normalized spacial score (nSPS) is 19.4. The summed E-state index contributed by atoms with van der Waals surface area (Å²) in [6, 6.07) is 3.66. The summed E-state index contributed by atoms with van der Waals surface area (Å²) in [6.45, 7) is 6.53. The fourth-order valence-electron chi connectivity index (χ4n) is 4.69. The molecule has 3 rings (SSSR count). The molecule has 0 unspecified atom stereocenters. The van der Waals surface area contributed by atoms with E-state index in [0.717, 1.165) is 27.9 Å². The number of methoxy groups -OCH3 is 1. The molecule has 1 heterocycles. The predicted molar refractivity (Wildman–Crippen MR) is 165 cm³/mol. The lowest BCUT2D eigenvalue weighted by molar-refractivity contribution is -0.282. The van der Waals surface area contributed by atoms with Gasteiger partial charge in [0, 0.05) is 32.9 Å². The fraction of sp³-hybridized carbons (Fsp3) is 0.455. The first-order valence-electron chi connectivity index (χ1n) is 15.5. The van der Waals surface area contributed by atoms with E-state index in [1.807, 2.05) is 0 Å². The largest absolute Gasteiger partial charge is 0.514 e. The third kappa shape index (κ3) is 11.1. The monoisotopic (exact) mass is 779 g/mol. The van der Waals surface area contributed by atoms with Gasteiger partial charge in [0.1, 0.15) is 18.0 Å². The third-order valence-electron chi connectivity index (χ3n) is 6.74. The molecule has 16 nitrogen and oxygen atoms in total. The number of amides is 1.